The molecule has 2 aromatic carbocycles. The summed E-state index contributed by atoms with van der Waals surface area (Å²) in [6, 6.07) is 14.4. The Bertz CT molecular complexity index is 912. The number of amides is 1. The average molecular weight is 421 g/mol. The number of aryl methyl sites for hydroxylation is 1. The summed E-state index contributed by atoms with van der Waals surface area (Å²) < 4.78 is 27.2. The van der Waals surface area contributed by atoms with Gasteiger partial charge in [-0.25, -0.2) is 8.42 Å². The lowest BCUT2D eigenvalue weighted by atomic mass is 9.99. The van der Waals surface area contributed by atoms with Crippen molar-refractivity contribution in [3.63, 3.8) is 0 Å². The molecular formula is C21H25ClN2O3S. The lowest BCUT2D eigenvalue weighted by Crippen LogP contribution is -2.45. The predicted molar refractivity (Wildman–Crippen MR) is 111 cm³/mol. The molecule has 0 radical (unpaired) electrons. The molecule has 0 aliphatic carbocycles. The Morgan fingerprint density at radius 1 is 1.14 bits per heavy atom. The van der Waals surface area contributed by atoms with Crippen LogP contribution in [0.3, 0.4) is 0 Å². The van der Waals surface area contributed by atoms with Crippen molar-refractivity contribution in [3.05, 3.63) is 64.7 Å². The number of benzene rings is 2. The Kier molecular flexibility index (Phi) is 6.75. The van der Waals surface area contributed by atoms with Crippen molar-refractivity contribution in [1.29, 1.82) is 0 Å². The number of sulfonamides is 1. The summed E-state index contributed by atoms with van der Waals surface area (Å²) in [6.45, 7) is 3.11. The van der Waals surface area contributed by atoms with E-state index in [0.717, 1.165) is 11.1 Å². The van der Waals surface area contributed by atoms with Crippen molar-refractivity contribution >= 4 is 27.5 Å². The third-order valence-electron chi connectivity index (χ3n) is 5.04. The first-order chi connectivity index (χ1) is 13.4. The van der Waals surface area contributed by atoms with E-state index < -0.39 is 10.0 Å². The average Bonchev–Trinajstić information content (AvgIpc) is 2.70. The monoisotopic (exact) mass is 420 g/mol. The molecule has 3 rings (SSSR count). The predicted octanol–water partition coefficient (Wildman–Crippen LogP) is 3.41. The second-order valence-corrected chi connectivity index (χ2v) is 9.56. The number of hydrogen-bond acceptors (Lipinski definition) is 3. The molecule has 0 aromatic heterocycles. The maximum atomic E-state index is 12.9. The molecule has 1 atom stereocenters. The molecule has 0 saturated carbocycles. The number of hydrogen-bond donors (Lipinski definition) is 1. The Morgan fingerprint density at radius 3 is 2.50 bits per heavy atom. The van der Waals surface area contributed by atoms with Gasteiger partial charge in [0.1, 0.15) is 0 Å². The van der Waals surface area contributed by atoms with Gasteiger partial charge >= 0.3 is 0 Å². The van der Waals surface area contributed by atoms with Crippen LogP contribution >= 0.6 is 11.6 Å². The molecule has 1 heterocycles. The van der Waals surface area contributed by atoms with Crippen LogP contribution in [0.5, 0.6) is 0 Å². The van der Waals surface area contributed by atoms with Crippen LogP contribution in [0.1, 0.15) is 24.0 Å². The van der Waals surface area contributed by atoms with Crippen LogP contribution in [-0.4, -0.2) is 38.3 Å². The third-order valence-corrected chi connectivity index (χ3v) is 7.17. The maximum absolute atomic E-state index is 12.9. The van der Waals surface area contributed by atoms with Gasteiger partial charge < -0.3 is 5.32 Å². The standard InChI is InChI=1S/C21H25ClN2O3S/c1-16-4-10-20(11-5-16)28(26,27)24-14-2-3-18(15-24)21(25)23-13-12-17-6-8-19(22)9-7-17/h4-11,18H,2-3,12-15H2,1H3,(H,23,25)/t18-/m0/s1. The first-order valence-corrected chi connectivity index (χ1v) is 11.3. The maximum Gasteiger partial charge on any atom is 0.243 e. The van der Waals surface area contributed by atoms with Crippen molar-refractivity contribution in [3.8, 4) is 0 Å². The molecule has 0 spiro atoms. The Balaban J connectivity index is 1.57. The smallest absolute Gasteiger partial charge is 0.243 e. The molecule has 0 bridgehead atoms. The molecule has 1 aliphatic heterocycles. The summed E-state index contributed by atoms with van der Waals surface area (Å²) in [7, 11) is -3.57. The number of carbonyl (C=O) groups is 1. The summed E-state index contributed by atoms with van der Waals surface area (Å²) in [4.78, 5) is 12.8. The first-order valence-electron chi connectivity index (χ1n) is 9.45. The van der Waals surface area contributed by atoms with Crippen molar-refractivity contribution < 1.29 is 13.2 Å². The SMILES string of the molecule is Cc1ccc(S(=O)(=O)N2CCC[C@H](C(=O)NCCc3ccc(Cl)cc3)C2)cc1. The summed E-state index contributed by atoms with van der Waals surface area (Å²) in [5.74, 6) is -0.406. The molecule has 5 nitrogen and oxygen atoms in total. The molecule has 28 heavy (non-hydrogen) atoms. The fourth-order valence-electron chi connectivity index (χ4n) is 3.36. The van der Waals surface area contributed by atoms with Gasteiger partial charge in [-0.1, -0.05) is 41.4 Å². The molecular weight excluding hydrogens is 396 g/mol. The second kappa shape index (κ2) is 9.07. The van der Waals surface area contributed by atoms with Gasteiger partial charge in [0.05, 0.1) is 10.8 Å². The highest BCUT2D eigenvalue weighted by molar-refractivity contribution is 7.89. The van der Waals surface area contributed by atoms with E-state index in [1.165, 1.54) is 4.31 Å². The van der Waals surface area contributed by atoms with E-state index in [2.05, 4.69) is 5.32 Å². The zero-order valence-corrected chi connectivity index (χ0v) is 17.5. The van der Waals surface area contributed by atoms with E-state index in [4.69, 9.17) is 11.6 Å². The van der Waals surface area contributed by atoms with Crippen LogP contribution in [0.25, 0.3) is 0 Å². The number of piperidine rings is 1. The van der Waals surface area contributed by atoms with Crippen LogP contribution in [-0.2, 0) is 21.2 Å². The van der Waals surface area contributed by atoms with E-state index in [-0.39, 0.29) is 23.3 Å². The highest BCUT2D eigenvalue weighted by Gasteiger charge is 2.33. The Labute approximate surface area is 171 Å². The minimum atomic E-state index is -3.57. The number of halogens is 1. The van der Waals surface area contributed by atoms with Crippen LogP contribution < -0.4 is 5.32 Å². The summed E-state index contributed by atoms with van der Waals surface area (Å²) in [6.07, 6.45) is 2.09. The first kappa shape index (κ1) is 20.8. The molecule has 1 N–H and O–H groups in total. The molecule has 1 saturated heterocycles. The van der Waals surface area contributed by atoms with Gasteiger partial charge in [-0.2, -0.15) is 4.31 Å². The van der Waals surface area contributed by atoms with Crippen molar-refractivity contribution in [2.45, 2.75) is 31.1 Å². The van der Waals surface area contributed by atoms with Crippen LogP contribution in [0.15, 0.2) is 53.4 Å². The molecule has 2 aromatic rings. The highest BCUT2D eigenvalue weighted by Crippen LogP contribution is 2.24. The van der Waals surface area contributed by atoms with Crippen molar-refractivity contribution in [2.24, 2.45) is 5.92 Å². The summed E-state index contributed by atoms with van der Waals surface area (Å²) >= 11 is 5.88. The third kappa shape index (κ3) is 5.13. The number of rotatable bonds is 6. The second-order valence-electron chi connectivity index (χ2n) is 7.18. The molecule has 1 aliphatic rings. The van der Waals surface area contributed by atoms with Crippen LogP contribution in [0, 0.1) is 12.8 Å². The largest absolute Gasteiger partial charge is 0.355 e. The van der Waals surface area contributed by atoms with E-state index in [0.29, 0.717) is 37.4 Å². The van der Waals surface area contributed by atoms with Gasteiger partial charge in [0.25, 0.3) is 0 Å². The molecule has 7 heteroatoms. The van der Waals surface area contributed by atoms with Crippen LogP contribution in [0.2, 0.25) is 5.02 Å². The molecule has 150 valence electrons. The highest BCUT2D eigenvalue weighted by atomic mass is 35.5. The topological polar surface area (TPSA) is 66.5 Å². The van der Waals surface area contributed by atoms with E-state index >= 15 is 0 Å². The van der Waals surface area contributed by atoms with Gasteiger partial charge in [0, 0.05) is 24.7 Å². The van der Waals surface area contributed by atoms with Crippen LogP contribution in [0.4, 0.5) is 0 Å². The normalized spacial score (nSPS) is 18.0. The quantitative estimate of drug-likeness (QED) is 0.778. The van der Waals surface area contributed by atoms with Gasteiger partial charge in [-0.05, 0) is 56.0 Å². The minimum Gasteiger partial charge on any atom is -0.355 e. The van der Waals surface area contributed by atoms with Gasteiger partial charge in [-0.15, -0.1) is 0 Å². The van der Waals surface area contributed by atoms with Gasteiger partial charge in [-0.3, -0.25) is 4.79 Å². The van der Waals surface area contributed by atoms with Crippen molar-refractivity contribution in [2.75, 3.05) is 19.6 Å². The molecule has 0 unspecified atom stereocenters. The minimum absolute atomic E-state index is 0.0854. The van der Waals surface area contributed by atoms with E-state index in [9.17, 15) is 13.2 Å². The van der Waals surface area contributed by atoms with Crippen molar-refractivity contribution in [1.82, 2.24) is 9.62 Å². The summed E-state index contributed by atoms with van der Waals surface area (Å²) in [5, 5.41) is 3.63. The zero-order chi connectivity index (χ0) is 20.1. The lowest BCUT2D eigenvalue weighted by Gasteiger charge is -2.31. The Hall–Kier alpha value is -1.89. The van der Waals surface area contributed by atoms with Gasteiger partial charge in [0.2, 0.25) is 15.9 Å². The number of carbonyl (C=O) groups excluding carboxylic acids is 1. The molecule has 1 fully saturated rings. The number of nitrogens with zero attached hydrogens (tertiary/aromatic N) is 1. The fourth-order valence-corrected chi connectivity index (χ4v) is 5.01. The molecule has 1 amide bonds. The summed E-state index contributed by atoms with van der Waals surface area (Å²) in [5.41, 5.74) is 2.10. The fraction of sp³-hybridized carbons (Fsp3) is 0.381. The van der Waals surface area contributed by atoms with Gasteiger partial charge in [0.15, 0.2) is 0 Å². The zero-order valence-electron chi connectivity index (χ0n) is 15.9. The number of nitrogens with one attached hydrogen (secondary N) is 1. The van der Waals surface area contributed by atoms with E-state index in [1.54, 1.807) is 24.3 Å². The van der Waals surface area contributed by atoms with E-state index in [1.807, 2.05) is 31.2 Å². The lowest BCUT2D eigenvalue weighted by molar-refractivity contribution is -0.126. The Morgan fingerprint density at radius 2 is 1.82 bits per heavy atom.